The molecule has 1 aromatic carbocycles. The first kappa shape index (κ1) is 19.1. The van der Waals surface area contributed by atoms with Crippen LogP contribution in [0.25, 0.3) is 11.7 Å². The summed E-state index contributed by atoms with van der Waals surface area (Å²) in [4.78, 5) is 16.7. The highest BCUT2D eigenvalue weighted by atomic mass is 35.5. The van der Waals surface area contributed by atoms with E-state index in [9.17, 15) is 13.2 Å². The standard InChI is InChI=1S/C19H18ClN3O3S/c1-13(14-6-8-15(9-7-14)27(2,25)26)21-18(24)11-10-16-19(20)22-17-5-3-4-12-23(16)17/h3-13H,1-2H3,(H,21,24)/b11-10+. The molecule has 3 aromatic rings. The third-order valence-electron chi connectivity index (χ3n) is 4.08. The first-order valence-electron chi connectivity index (χ1n) is 8.17. The minimum atomic E-state index is -3.24. The van der Waals surface area contributed by atoms with Crippen LogP contribution < -0.4 is 5.32 Å². The predicted molar refractivity (Wildman–Crippen MR) is 105 cm³/mol. The lowest BCUT2D eigenvalue weighted by Gasteiger charge is -2.13. The summed E-state index contributed by atoms with van der Waals surface area (Å²) in [5.41, 5.74) is 2.12. The fraction of sp³-hybridized carbons (Fsp3) is 0.158. The maximum Gasteiger partial charge on any atom is 0.244 e. The Bertz CT molecular complexity index is 1120. The van der Waals surface area contributed by atoms with Crippen LogP contribution in [-0.4, -0.2) is 30.0 Å². The fourth-order valence-corrected chi connectivity index (χ4v) is 3.51. The van der Waals surface area contributed by atoms with Crippen molar-refractivity contribution in [1.29, 1.82) is 0 Å². The van der Waals surface area contributed by atoms with Crippen LogP contribution >= 0.6 is 11.6 Å². The van der Waals surface area contributed by atoms with Crippen LogP contribution in [0.3, 0.4) is 0 Å². The highest BCUT2D eigenvalue weighted by Gasteiger charge is 2.12. The Morgan fingerprint density at radius 3 is 2.59 bits per heavy atom. The van der Waals surface area contributed by atoms with Crippen molar-refractivity contribution in [3.05, 3.63) is 71.1 Å². The second-order valence-corrected chi connectivity index (χ2v) is 8.50. The third-order valence-corrected chi connectivity index (χ3v) is 5.49. The monoisotopic (exact) mass is 403 g/mol. The Hall–Kier alpha value is -2.64. The van der Waals surface area contributed by atoms with Crippen molar-refractivity contribution in [2.24, 2.45) is 0 Å². The molecule has 2 aromatic heterocycles. The van der Waals surface area contributed by atoms with Gasteiger partial charge >= 0.3 is 0 Å². The lowest BCUT2D eigenvalue weighted by molar-refractivity contribution is -0.117. The summed E-state index contributed by atoms with van der Waals surface area (Å²) in [7, 11) is -3.24. The summed E-state index contributed by atoms with van der Waals surface area (Å²) in [6.07, 6.45) is 5.97. The van der Waals surface area contributed by atoms with E-state index in [1.807, 2.05) is 31.3 Å². The molecule has 8 heteroatoms. The zero-order chi connectivity index (χ0) is 19.6. The van der Waals surface area contributed by atoms with Gasteiger partial charge in [0.15, 0.2) is 15.0 Å². The Balaban J connectivity index is 1.71. The molecule has 0 fully saturated rings. The fourth-order valence-electron chi connectivity index (χ4n) is 2.64. The molecule has 1 amide bonds. The van der Waals surface area contributed by atoms with E-state index in [2.05, 4.69) is 10.3 Å². The normalized spacial score (nSPS) is 13.1. The van der Waals surface area contributed by atoms with E-state index in [0.29, 0.717) is 16.5 Å². The minimum Gasteiger partial charge on any atom is -0.346 e. The van der Waals surface area contributed by atoms with Crippen LogP contribution in [0.2, 0.25) is 5.15 Å². The average molecular weight is 404 g/mol. The number of hydrogen-bond donors (Lipinski definition) is 1. The van der Waals surface area contributed by atoms with Gasteiger partial charge in [-0.2, -0.15) is 0 Å². The summed E-state index contributed by atoms with van der Waals surface area (Å²) < 4.78 is 24.8. The van der Waals surface area contributed by atoms with Gasteiger partial charge < -0.3 is 5.32 Å². The van der Waals surface area contributed by atoms with Crippen molar-refractivity contribution >= 4 is 39.1 Å². The average Bonchev–Trinajstić information content (AvgIpc) is 2.94. The summed E-state index contributed by atoms with van der Waals surface area (Å²) in [5, 5.41) is 3.15. The number of carbonyl (C=O) groups is 1. The van der Waals surface area contributed by atoms with E-state index < -0.39 is 9.84 Å². The minimum absolute atomic E-state index is 0.243. The molecule has 0 saturated carbocycles. The molecule has 1 atom stereocenters. The number of nitrogens with zero attached hydrogens (tertiary/aromatic N) is 2. The number of benzene rings is 1. The van der Waals surface area contributed by atoms with Gasteiger partial charge in [0.1, 0.15) is 5.65 Å². The van der Waals surface area contributed by atoms with E-state index >= 15 is 0 Å². The summed E-state index contributed by atoms with van der Waals surface area (Å²) >= 11 is 6.14. The number of halogens is 1. The highest BCUT2D eigenvalue weighted by Crippen LogP contribution is 2.19. The number of sulfone groups is 1. The molecule has 6 nitrogen and oxygen atoms in total. The van der Waals surface area contributed by atoms with Crippen molar-refractivity contribution < 1.29 is 13.2 Å². The molecule has 0 aliphatic heterocycles. The van der Waals surface area contributed by atoms with Crippen molar-refractivity contribution in [1.82, 2.24) is 14.7 Å². The molecule has 140 valence electrons. The smallest absolute Gasteiger partial charge is 0.244 e. The van der Waals surface area contributed by atoms with Crippen LogP contribution in [0.1, 0.15) is 24.2 Å². The number of hydrogen-bond acceptors (Lipinski definition) is 4. The van der Waals surface area contributed by atoms with Gasteiger partial charge in [-0.1, -0.05) is 29.8 Å². The first-order valence-corrected chi connectivity index (χ1v) is 10.4. The third kappa shape index (κ3) is 4.37. The van der Waals surface area contributed by atoms with Crippen LogP contribution in [0.15, 0.2) is 59.6 Å². The maximum absolute atomic E-state index is 12.2. The molecule has 0 saturated heterocycles. The first-order chi connectivity index (χ1) is 12.8. The van der Waals surface area contributed by atoms with Gasteiger partial charge in [-0.05, 0) is 42.8 Å². The summed E-state index contributed by atoms with van der Waals surface area (Å²) in [5.74, 6) is -0.295. The van der Waals surface area contributed by atoms with Crippen LogP contribution in [0.5, 0.6) is 0 Å². The predicted octanol–water partition coefficient (Wildman–Crippen LogP) is 3.28. The number of carbonyl (C=O) groups excluding carboxylic acids is 1. The lowest BCUT2D eigenvalue weighted by Crippen LogP contribution is -2.24. The molecule has 0 bridgehead atoms. The quantitative estimate of drug-likeness (QED) is 0.663. The van der Waals surface area contributed by atoms with E-state index in [-0.39, 0.29) is 16.8 Å². The maximum atomic E-state index is 12.2. The number of aromatic nitrogens is 2. The molecule has 2 heterocycles. The van der Waals surface area contributed by atoms with Gasteiger partial charge in [0.25, 0.3) is 0 Å². The van der Waals surface area contributed by atoms with Gasteiger partial charge in [0, 0.05) is 18.5 Å². The van der Waals surface area contributed by atoms with Gasteiger partial charge in [0.2, 0.25) is 5.91 Å². The SMILES string of the molecule is CC(NC(=O)/C=C/c1c(Cl)nc2ccccn12)c1ccc(S(C)(=O)=O)cc1. The number of pyridine rings is 1. The van der Waals surface area contributed by atoms with Crippen molar-refractivity contribution in [2.45, 2.75) is 17.9 Å². The number of nitrogens with one attached hydrogen (secondary N) is 1. The Kier molecular flexibility index (Phi) is 5.34. The molecular formula is C19H18ClN3O3S. The zero-order valence-electron chi connectivity index (χ0n) is 14.8. The number of imidazole rings is 1. The second kappa shape index (κ2) is 7.54. The van der Waals surface area contributed by atoms with E-state index in [1.165, 1.54) is 18.2 Å². The Labute approximate surface area is 162 Å². The number of amides is 1. The molecule has 1 N–H and O–H groups in total. The Morgan fingerprint density at radius 2 is 1.93 bits per heavy atom. The molecule has 0 radical (unpaired) electrons. The molecule has 27 heavy (non-hydrogen) atoms. The molecule has 1 unspecified atom stereocenters. The largest absolute Gasteiger partial charge is 0.346 e. The van der Waals surface area contributed by atoms with Crippen molar-refractivity contribution in [3.63, 3.8) is 0 Å². The van der Waals surface area contributed by atoms with Crippen LogP contribution in [0.4, 0.5) is 0 Å². The zero-order valence-corrected chi connectivity index (χ0v) is 16.3. The summed E-state index contributed by atoms with van der Waals surface area (Å²) in [6, 6.07) is 11.7. The van der Waals surface area contributed by atoms with Gasteiger partial charge in [-0.3, -0.25) is 9.20 Å². The molecule has 0 aliphatic carbocycles. The van der Waals surface area contributed by atoms with E-state index in [4.69, 9.17) is 11.6 Å². The highest BCUT2D eigenvalue weighted by molar-refractivity contribution is 7.90. The molecule has 0 aliphatic rings. The van der Waals surface area contributed by atoms with Crippen LogP contribution in [-0.2, 0) is 14.6 Å². The molecular weight excluding hydrogens is 386 g/mol. The van der Waals surface area contributed by atoms with Crippen molar-refractivity contribution in [3.8, 4) is 0 Å². The molecule has 3 rings (SSSR count). The van der Waals surface area contributed by atoms with Gasteiger partial charge in [-0.15, -0.1) is 0 Å². The van der Waals surface area contributed by atoms with Gasteiger partial charge in [0.05, 0.1) is 16.6 Å². The van der Waals surface area contributed by atoms with E-state index in [0.717, 1.165) is 11.8 Å². The van der Waals surface area contributed by atoms with Gasteiger partial charge in [-0.25, -0.2) is 13.4 Å². The summed E-state index contributed by atoms with van der Waals surface area (Å²) in [6.45, 7) is 1.82. The number of fused-ring (bicyclic) bond motifs is 1. The number of rotatable bonds is 5. The lowest BCUT2D eigenvalue weighted by atomic mass is 10.1. The van der Waals surface area contributed by atoms with E-state index in [1.54, 1.807) is 22.6 Å². The Morgan fingerprint density at radius 1 is 1.22 bits per heavy atom. The van der Waals surface area contributed by atoms with Crippen molar-refractivity contribution in [2.75, 3.05) is 6.26 Å². The molecule has 0 spiro atoms. The van der Waals surface area contributed by atoms with Crippen LogP contribution in [0, 0.1) is 0 Å². The topological polar surface area (TPSA) is 80.5 Å². The second-order valence-electron chi connectivity index (χ2n) is 6.12.